The number of imide groups is 1. The summed E-state index contributed by atoms with van der Waals surface area (Å²) in [6, 6.07) is 18.0. The van der Waals surface area contributed by atoms with E-state index in [4.69, 9.17) is 4.74 Å². The van der Waals surface area contributed by atoms with Crippen molar-refractivity contribution >= 4 is 23.5 Å². The lowest BCUT2D eigenvalue weighted by Gasteiger charge is -2.46. The van der Waals surface area contributed by atoms with Gasteiger partial charge in [0.1, 0.15) is 29.3 Å². The SMILES string of the molecule is Cc1cc(-c2ccc(F)cc2[N+]2(Cc3cccc(OC(C)C)c3)CCC3(CC2)NC(=O)NC3=O)ccc1C(=O)N(C)C. The third-order valence-electron chi connectivity index (χ3n) is 8.35. The molecule has 0 saturated carbocycles. The lowest BCUT2D eigenvalue weighted by Crippen LogP contribution is -2.63. The molecular weight excluding hydrogens is 535 g/mol. The van der Waals surface area contributed by atoms with Gasteiger partial charge in [-0.05, 0) is 62.2 Å². The molecule has 2 fully saturated rings. The van der Waals surface area contributed by atoms with Crippen LogP contribution in [0, 0.1) is 12.7 Å². The summed E-state index contributed by atoms with van der Waals surface area (Å²) < 4.78 is 21.4. The zero-order valence-corrected chi connectivity index (χ0v) is 24.8. The fourth-order valence-electron chi connectivity index (χ4n) is 6.20. The predicted molar refractivity (Wildman–Crippen MR) is 161 cm³/mol. The number of rotatable bonds is 7. The predicted octanol–water partition coefficient (Wildman–Crippen LogP) is 5.17. The Kier molecular flexibility index (Phi) is 7.81. The summed E-state index contributed by atoms with van der Waals surface area (Å²) in [7, 11) is 3.44. The summed E-state index contributed by atoms with van der Waals surface area (Å²) in [6.07, 6.45) is 0.818. The van der Waals surface area contributed by atoms with Crippen molar-refractivity contribution in [1.29, 1.82) is 0 Å². The van der Waals surface area contributed by atoms with Crippen molar-refractivity contribution in [2.75, 3.05) is 27.2 Å². The number of piperidine rings is 1. The number of ether oxygens (including phenoxy) is 1. The Morgan fingerprint density at radius 2 is 1.79 bits per heavy atom. The van der Waals surface area contributed by atoms with E-state index in [2.05, 4.69) is 10.6 Å². The van der Waals surface area contributed by atoms with E-state index in [0.29, 0.717) is 42.5 Å². The Bertz CT molecular complexity index is 1540. The zero-order valence-electron chi connectivity index (χ0n) is 24.8. The summed E-state index contributed by atoms with van der Waals surface area (Å²) in [5.41, 5.74) is 4.00. The van der Waals surface area contributed by atoms with Gasteiger partial charge in [0.2, 0.25) is 0 Å². The Morgan fingerprint density at radius 3 is 2.40 bits per heavy atom. The summed E-state index contributed by atoms with van der Waals surface area (Å²) in [6.45, 7) is 7.38. The van der Waals surface area contributed by atoms with E-state index in [9.17, 15) is 14.4 Å². The van der Waals surface area contributed by atoms with Crippen molar-refractivity contribution < 1.29 is 23.5 Å². The van der Waals surface area contributed by atoms with Crippen molar-refractivity contribution in [2.24, 2.45) is 0 Å². The fraction of sp³-hybridized carbons (Fsp3) is 0.364. The normalized spacial score (nSPS) is 21.8. The van der Waals surface area contributed by atoms with Crippen LogP contribution in [-0.2, 0) is 11.3 Å². The quantitative estimate of drug-likeness (QED) is 0.302. The molecule has 9 heteroatoms. The maximum atomic E-state index is 15.1. The van der Waals surface area contributed by atoms with Gasteiger partial charge in [0, 0.05) is 49.7 Å². The van der Waals surface area contributed by atoms with Crippen LogP contribution in [0.15, 0.2) is 60.7 Å². The molecule has 2 N–H and O–H groups in total. The van der Waals surface area contributed by atoms with Crippen molar-refractivity contribution in [3.05, 3.63) is 83.2 Å². The number of likely N-dealkylation sites (tertiary alicyclic amines) is 1. The molecule has 5 rings (SSSR count). The molecule has 0 radical (unpaired) electrons. The molecule has 2 aliphatic rings. The first kappa shape index (κ1) is 29.3. The highest BCUT2D eigenvalue weighted by Gasteiger charge is 2.53. The smallest absolute Gasteiger partial charge is 0.322 e. The van der Waals surface area contributed by atoms with Crippen molar-refractivity contribution in [3.63, 3.8) is 0 Å². The summed E-state index contributed by atoms with van der Waals surface area (Å²) >= 11 is 0. The highest BCUT2D eigenvalue weighted by Crippen LogP contribution is 2.42. The number of urea groups is 1. The highest BCUT2D eigenvalue weighted by molar-refractivity contribution is 6.07. The van der Waals surface area contributed by atoms with E-state index in [1.54, 1.807) is 31.1 Å². The Hall–Kier alpha value is -4.24. The third-order valence-corrected chi connectivity index (χ3v) is 8.35. The Labute approximate surface area is 246 Å². The van der Waals surface area contributed by atoms with Crippen LogP contribution in [0.25, 0.3) is 11.1 Å². The van der Waals surface area contributed by atoms with Gasteiger partial charge in [-0.25, -0.2) is 9.18 Å². The number of amides is 4. The van der Waals surface area contributed by atoms with Gasteiger partial charge in [0.25, 0.3) is 11.8 Å². The first-order chi connectivity index (χ1) is 19.9. The average Bonchev–Trinajstić information content (AvgIpc) is 3.21. The topological polar surface area (TPSA) is 87.7 Å². The van der Waals surface area contributed by atoms with Crippen LogP contribution in [0.3, 0.4) is 0 Å². The van der Waals surface area contributed by atoms with Crippen molar-refractivity contribution in [2.45, 2.75) is 51.8 Å². The molecule has 8 nitrogen and oxygen atoms in total. The molecule has 0 atom stereocenters. The highest BCUT2D eigenvalue weighted by atomic mass is 19.1. The molecule has 3 aromatic rings. The van der Waals surface area contributed by atoms with Crippen LogP contribution in [0.2, 0.25) is 0 Å². The minimum absolute atomic E-state index is 0.0168. The summed E-state index contributed by atoms with van der Waals surface area (Å²) in [5, 5.41) is 5.25. The van der Waals surface area contributed by atoms with Crippen LogP contribution in [0.4, 0.5) is 14.9 Å². The fourth-order valence-corrected chi connectivity index (χ4v) is 6.20. The number of carbonyl (C=O) groups is 3. The molecular formula is C33H38FN4O4+. The second-order valence-corrected chi connectivity index (χ2v) is 11.9. The summed E-state index contributed by atoms with van der Waals surface area (Å²) in [5.74, 6) is 0.0109. The first-order valence-electron chi connectivity index (χ1n) is 14.3. The van der Waals surface area contributed by atoms with E-state index < -0.39 is 11.6 Å². The molecule has 0 aromatic heterocycles. The molecule has 2 saturated heterocycles. The number of halogens is 1. The number of benzene rings is 3. The van der Waals surface area contributed by atoms with E-state index >= 15 is 4.39 Å². The number of carbonyl (C=O) groups excluding carboxylic acids is 3. The molecule has 1 spiro atoms. The van der Waals surface area contributed by atoms with Gasteiger partial charge < -0.3 is 15.0 Å². The number of hydrogen-bond acceptors (Lipinski definition) is 4. The molecule has 220 valence electrons. The molecule has 0 aliphatic carbocycles. The largest absolute Gasteiger partial charge is 0.491 e. The molecule has 42 heavy (non-hydrogen) atoms. The van der Waals surface area contributed by atoms with Crippen molar-refractivity contribution in [1.82, 2.24) is 20.0 Å². The van der Waals surface area contributed by atoms with E-state index in [1.807, 2.05) is 63.2 Å². The average molecular weight is 574 g/mol. The molecule has 2 aliphatic heterocycles. The van der Waals surface area contributed by atoms with Gasteiger partial charge in [-0.1, -0.05) is 24.3 Å². The lowest BCUT2D eigenvalue weighted by atomic mass is 9.84. The summed E-state index contributed by atoms with van der Waals surface area (Å²) in [4.78, 5) is 39.1. The minimum Gasteiger partial charge on any atom is -0.491 e. The minimum atomic E-state index is -0.973. The van der Waals surface area contributed by atoms with Gasteiger partial charge in [-0.3, -0.25) is 19.4 Å². The molecule has 0 bridgehead atoms. The van der Waals surface area contributed by atoms with Crippen LogP contribution < -0.4 is 19.9 Å². The second kappa shape index (κ2) is 11.2. The molecule has 3 aromatic carbocycles. The zero-order chi connectivity index (χ0) is 30.2. The van der Waals surface area contributed by atoms with Gasteiger partial charge in [-0.15, -0.1) is 0 Å². The Balaban J connectivity index is 1.60. The van der Waals surface area contributed by atoms with Crippen LogP contribution in [0.1, 0.15) is 48.2 Å². The number of quaternary nitrogens is 1. The number of aryl methyl sites for hydroxylation is 1. The van der Waals surface area contributed by atoms with Gasteiger partial charge in [0.05, 0.1) is 19.2 Å². The Morgan fingerprint density at radius 1 is 1.05 bits per heavy atom. The van der Waals surface area contributed by atoms with E-state index in [1.165, 1.54) is 6.07 Å². The van der Waals surface area contributed by atoms with Crippen molar-refractivity contribution in [3.8, 4) is 16.9 Å². The van der Waals surface area contributed by atoms with Crippen LogP contribution in [-0.4, -0.2) is 61.6 Å². The van der Waals surface area contributed by atoms with Crippen LogP contribution >= 0.6 is 0 Å². The second-order valence-electron chi connectivity index (χ2n) is 11.9. The number of hydrogen-bond donors (Lipinski definition) is 2. The lowest BCUT2D eigenvalue weighted by molar-refractivity contribution is -0.125. The standard InChI is InChI=1S/C33H37FN4O4/c1-21(2)42-26-8-6-7-23(18-26)20-38(15-13-33(14-16-38)31(40)35-32(41)36-33)29-19-25(34)10-12-28(29)24-9-11-27(22(3)17-24)30(39)37(4)5/h6-12,17-19,21H,13-16,20H2,1-5H3,(H-,35,36,40,41)/p+1. The van der Waals surface area contributed by atoms with Gasteiger partial charge in [-0.2, -0.15) is 0 Å². The third kappa shape index (κ3) is 5.61. The van der Waals surface area contributed by atoms with E-state index in [-0.39, 0.29) is 23.7 Å². The molecule has 2 heterocycles. The number of nitrogens with zero attached hydrogens (tertiary/aromatic N) is 2. The molecule has 0 unspecified atom stereocenters. The van der Waals surface area contributed by atoms with Gasteiger partial charge >= 0.3 is 6.03 Å². The van der Waals surface area contributed by atoms with Gasteiger partial charge in [0.15, 0.2) is 0 Å². The van der Waals surface area contributed by atoms with E-state index in [0.717, 1.165) is 33.7 Å². The monoisotopic (exact) mass is 573 g/mol. The number of nitrogens with one attached hydrogen (secondary N) is 2. The van der Waals surface area contributed by atoms with Crippen LogP contribution in [0.5, 0.6) is 5.75 Å². The maximum Gasteiger partial charge on any atom is 0.322 e. The molecule has 4 amide bonds. The first-order valence-corrected chi connectivity index (χ1v) is 14.3. The maximum absolute atomic E-state index is 15.1.